The summed E-state index contributed by atoms with van der Waals surface area (Å²) in [5.74, 6) is 0.927. The van der Waals surface area contributed by atoms with E-state index in [0.29, 0.717) is 51.4 Å². The summed E-state index contributed by atoms with van der Waals surface area (Å²) >= 11 is 10.8. The van der Waals surface area contributed by atoms with Gasteiger partial charge in [0, 0.05) is 22.7 Å². The number of rotatable bonds is 12. The smallest absolute Gasteiger partial charge is 0.311 e. The van der Waals surface area contributed by atoms with Gasteiger partial charge in [-0.05, 0) is 90.4 Å². The Morgan fingerprint density at radius 1 is 1.02 bits per heavy atom. The fourth-order valence-electron chi connectivity index (χ4n) is 6.30. The number of ether oxygens (including phenoxy) is 3. The van der Waals surface area contributed by atoms with Crippen molar-refractivity contribution in [1.29, 1.82) is 0 Å². The van der Waals surface area contributed by atoms with E-state index in [0.717, 1.165) is 52.1 Å². The number of aliphatic hydroxyl groups is 1. The van der Waals surface area contributed by atoms with Crippen molar-refractivity contribution in [3.8, 4) is 40.0 Å². The molecule has 3 heterocycles. The van der Waals surface area contributed by atoms with E-state index < -0.39 is 18.0 Å². The zero-order valence-electron chi connectivity index (χ0n) is 27.7. The Kier molecular flexibility index (Phi) is 10.1. The van der Waals surface area contributed by atoms with Crippen molar-refractivity contribution < 1.29 is 29.2 Å². The number of carbonyl (C=O) groups is 1. The first-order valence-electron chi connectivity index (χ1n) is 16.1. The molecule has 256 valence electrons. The number of amidine groups is 1. The van der Waals surface area contributed by atoms with Gasteiger partial charge >= 0.3 is 5.97 Å². The third kappa shape index (κ3) is 6.84. The van der Waals surface area contributed by atoms with Crippen molar-refractivity contribution in [2.45, 2.75) is 51.7 Å². The van der Waals surface area contributed by atoms with Gasteiger partial charge in [-0.2, -0.15) is 4.98 Å². The molecule has 0 fully saturated rings. The van der Waals surface area contributed by atoms with E-state index in [1.165, 1.54) is 14.0 Å². The molecule has 2 aromatic carbocycles. The summed E-state index contributed by atoms with van der Waals surface area (Å²) in [5, 5.41) is 23.2. The third-order valence-corrected chi connectivity index (χ3v) is 10.2. The fraction of sp³-hybridized carbons (Fsp3) is 0.351. The topological polar surface area (TPSA) is 135 Å². The van der Waals surface area contributed by atoms with Crippen LogP contribution in [0.3, 0.4) is 0 Å². The predicted octanol–water partition coefficient (Wildman–Crippen LogP) is 7.06. The van der Waals surface area contributed by atoms with E-state index in [-0.39, 0.29) is 18.6 Å². The number of nitrogens with zero attached hydrogens (tertiary/aromatic N) is 3. The highest BCUT2D eigenvalue weighted by molar-refractivity contribution is 9.10. The molecule has 0 bridgehead atoms. The molecule has 2 aromatic heterocycles. The molecule has 0 radical (unpaired) electrons. The monoisotopic (exact) mass is 748 g/mol. The molecule has 0 amide bonds. The molecule has 10 nitrogen and oxygen atoms in total. The fourth-order valence-corrected chi connectivity index (χ4v) is 7.09. The maximum absolute atomic E-state index is 11.7. The number of nitrogens with one attached hydrogen (secondary N) is 1. The van der Waals surface area contributed by atoms with Gasteiger partial charge in [0.2, 0.25) is 17.6 Å². The molecule has 12 heteroatoms. The van der Waals surface area contributed by atoms with E-state index in [1.54, 1.807) is 7.11 Å². The Balaban J connectivity index is 1.26. The van der Waals surface area contributed by atoms with Gasteiger partial charge < -0.3 is 29.7 Å². The maximum Gasteiger partial charge on any atom is 0.311 e. The molecule has 1 aliphatic carbocycles. The van der Waals surface area contributed by atoms with Crippen LogP contribution in [0.5, 0.6) is 17.6 Å². The van der Waals surface area contributed by atoms with Crippen molar-refractivity contribution in [3.63, 3.8) is 0 Å². The number of pyridine rings is 2. The summed E-state index contributed by atoms with van der Waals surface area (Å²) in [6, 6.07) is 18.1. The maximum atomic E-state index is 11.7. The van der Waals surface area contributed by atoms with E-state index in [1.807, 2.05) is 42.5 Å². The van der Waals surface area contributed by atoms with Crippen molar-refractivity contribution >= 4 is 39.3 Å². The molecule has 3 N–H and O–H groups in total. The van der Waals surface area contributed by atoms with Gasteiger partial charge in [0.25, 0.3) is 0 Å². The van der Waals surface area contributed by atoms with Crippen LogP contribution in [0.15, 0.2) is 64.1 Å². The first-order chi connectivity index (χ1) is 23.6. The van der Waals surface area contributed by atoms with Gasteiger partial charge in [-0.3, -0.25) is 9.79 Å². The highest BCUT2D eigenvalue weighted by Gasteiger charge is 2.33. The minimum atomic E-state index is -1.27. The van der Waals surface area contributed by atoms with Gasteiger partial charge in [-0.25, -0.2) is 4.98 Å². The number of aliphatic carboxylic acids is 1. The van der Waals surface area contributed by atoms with Crippen molar-refractivity contribution in [2.75, 3.05) is 27.4 Å². The van der Waals surface area contributed by atoms with Gasteiger partial charge in [0.05, 0.1) is 53.5 Å². The molecule has 1 aliphatic heterocycles. The van der Waals surface area contributed by atoms with Crippen LogP contribution in [0.4, 0.5) is 0 Å². The van der Waals surface area contributed by atoms with Crippen LogP contribution in [0.1, 0.15) is 55.0 Å². The van der Waals surface area contributed by atoms with Gasteiger partial charge in [-0.15, -0.1) is 0 Å². The summed E-state index contributed by atoms with van der Waals surface area (Å²) in [6.07, 6.45) is 1.84. The molecular formula is C37H38BrClN4O6. The molecule has 0 unspecified atom stereocenters. The number of benzene rings is 2. The summed E-state index contributed by atoms with van der Waals surface area (Å²) in [7, 11) is 3.12. The Hall–Kier alpha value is -4.19. The number of aryl methyl sites for hydroxylation is 1. The molecule has 0 spiro atoms. The number of aliphatic hydroxyl groups excluding tert-OH is 1. The molecule has 0 saturated carbocycles. The number of hydrogen-bond acceptors (Lipinski definition) is 9. The van der Waals surface area contributed by atoms with E-state index >= 15 is 0 Å². The largest absolute Gasteiger partial charge is 0.481 e. The van der Waals surface area contributed by atoms with Crippen LogP contribution in [0.25, 0.3) is 22.4 Å². The van der Waals surface area contributed by atoms with Crippen LogP contribution in [-0.2, 0) is 17.6 Å². The van der Waals surface area contributed by atoms with Crippen LogP contribution < -0.4 is 19.5 Å². The molecule has 3 atom stereocenters. The lowest BCUT2D eigenvalue weighted by molar-refractivity contribution is -0.150. The lowest BCUT2D eigenvalue weighted by Crippen LogP contribution is -2.32. The minimum Gasteiger partial charge on any atom is -0.481 e. The number of aromatic nitrogens is 2. The average molecular weight is 750 g/mol. The zero-order chi connectivity index (χ0) is 34.9. The Morgan fingerprint density at radius 2 is 1.76 bits per heavy atom. The van der Waals surface area contributed by atoms with Gasteiger partial charge in [-0.1, -0.05) is 48.0 Å². The SMILES string of the molecule is COc1nc(O[C@H]2CCc3c(-c4cccc(-c5ccc(C6=NC[C@H](C)N6)c(OC)n5)c4Cl)cccc32)c(Br)cc1CC[C@@](C)(CO)C(=O)O. The zero-order valence-corrected chi connectivity index (χ0v) is 30.1. The lowest BCUT2D eigenvalue weighted by Gasteiger charge is -2.22. The second kappa shape index (κ2) is 14.3. The van der Waals surface area contributed by atoms with Crippen molar-refractivity contribution in [1.82, 2.24) is 15.3 Å². The first kappa shape index (κ1) is 34.7. The lowest BCUT2D eigenvalue weighted by atomic mass is 9.85. The van der Waals surface area contributed by atoms with Gasteiger partial charge in [0.1, 0.15) is 11.9 Å². The van der Waals surface area contributed by atoms with E-state index in [2.05, 4.69) is 50.3 Å². The second-order valence-corrected chi connectivity index (χ2v) is 13.9. The quantitative estimate of drug-likeness (QED) is 0.139. The standard InChI is InChI=1S/C37H38BrClN4O6/c1-20-18-40-32(41-20)27-11-13-29(42-34(27)48-4)26-10-6-9-25(31(26)39)22-7-5-8-24-23(22)12-14-30(24)49-35-28(38)17-21(33(43-35)47-3)15-16-37(2,19-44)36(45)46/h5-11,13,17,20,30,44H,12,14-16,18-19H2,1-4H3,(H,40,41)(H,45,46)/t20-,30-,37-/m0/s1. The minimum absolute atomic E-state index is 0.216. The number of hydrogen-bond donors (Lipinski definition) is 3. The number of fused-ring (bicyclic) bond motifs is 1. The highest BCUT2D eigenvalue weighted by atomic mass is 79.9. The number of halogens is 2. The molecular weight excluding hydrogens is 712 g/mol. The van der Waals surface area contributed by atoms with Crippen molar-refractivity contribution in [3.05, 3.63) is 86.3 Å². The highest BCUT2D eigenvalue weighted by Crippen LogP contribution is 2.45. The molecule has 6 rings (SSSR count). The summed E-state index contributed by atoms with van der Waals surface area (Å²) in [6.45, 7) is 3.84. The molecule has 4 aromatic rings. The number of aliphatic imine (C=N–C) groups is 1. The molecule has 2 aliphatic rings. The summed E-state index contributed by atoms with van der Waals surface area (Å²) < 4.78 is 18.3. The van der Waals surface area contributed by atoms with E-state index in [9.17, 15) is 15.0 Å². The predicted molar refractivity (Wildman–Crippen MR) is 192 cm³/mol. The third-order valence-electron chi connectivity index (χ3n) is 9.24. The van der Waals surface area contributed by atoms with Crippen LogP contribution in [0, 0.1) is 5.41 Å². The normalized spacial score (nSPS) is 17.9. The van der Waals surface area contributed by atoms with Crippen LogP contribution in [0.2, 0.25) is 5.02 Å². The van der Waals surface area contributed by atoms with Gasteiger partial charge in [0.15, 0.2) is 0 Å². The number of carboxylic acid groups (broad SMARTS) is 1. The molecule has 49 heavy (non-hydrogen) atoms. The summed E-state index contributed by atoms with van der Waals surface area (Å²) in [4.78, 5) is 25.7. The van der Waals surface area contributed by atoms with E-state index in [4.69, 9.17) is 30.8 Å². The summed E-state index contributed by atoms with van der Waals surface area (Å²) in [5.41, 5.74) is 5.90. The Labute approximate surface area is 298 Å². The Bertz CT molecular complexity index is 1940. The number of carboxylic acids is 1. The second-order valence-electron chi connectivity index (χ2n) is 12.6. The molecule has 0 saturated heterocycles. The van der Waals surface area contributed by atoms with Crippen molar-refractivity contribution in [2.24, 2.45) is 10.4 Å². The number of methoxy groups -OCH3 is 2. The first-order valence-corrected chi connectivity index (χ1v) is 17.3. The Morgan fingerprint density at radius 3 is 2.45 bits per heavy atom. The van der Waals surface area contributed by atoms with Crippen LogP contribution in [-0.4, -0.2) is 65.4 Å². The van der Waals surface area contributed by atoms with Crippen LogP contribution >= 0.6 is 27.5 Å². The average Bonchev–Trinajstić information content (AvgIpc) is 3.73.